The Morgan fingerprint density at radius 3 is 2.35 bits per heavy atom. The number of anilines is 1. The normalized spacial score (nSPS) is 10.5. The number of hydrogen-bond donors (Lipinski definition) is 2. The van der Waals surface area contributed by atoms with Gasteiger partial charge in [0.2, 0.25) is 11.8 Å². The van der Waals surface area contributed by atoms with Crippen molar-refractivity contribution < 1.29 is 14.3 Å². The fraction of sp³-hybridized carbons (Fsp3) is 0.238. The molecule has 2 N–H and O–H groups in total. The van der Waals surface area contributed by atoms with Crippen LogP contribution < -0.4 is 15.4 Å². The highest BCUT2D eigenvalue weighted by molar-refractivity contribution is 5.93. The highest BCUT2D eigenvalue weighted by Crippen LogP contribution is 2.12. The number of hydrogen-bond acceptors (Lipinski definition) is 3. The van der Waals surface area contributed by atoms with Gasteiger partial charge in [-0.05, 0) is 47.9 Å². The van der Waals surface area contributed by atoms with Gasteiger partial charge in [-0.2, -0.15) is 0 Å². The summed E-state index contributed by atoms with van der Waals surface area (Å²) in [6, 6.07) is 15.1. The lowest BCUT2D eigenvalue weighted by Gasteiger charge is -2.06. The van der Waals surface area contributed by atoms with Gasteiger partial charge in [0.25, 0.3) is 0 Å². The molecule has 0 saturated carbocycles. The summed E-state index contributed by atoms with van der Waals surface area (Å²) in [7, 11) is 1.61. The third kappa shape index (κ3) is 6.43. The maximum absolute atomic E-state index is 11.9. The number of carbonyl (C=O) groups is 2. The maximum atomic E-state index is 11.9. The van der Waals surface area contributed by atoms with Gasteiger partial charge in [-0.3, -0.25) is 9.59 Å². The summed E-state index contributed by atoms with van der Waals surface area (Å²) in [5.74, 6) is 0.400. The van der Waals surface area contributed by atoms with Gasteiger partial charge in [-0.15, -0.1) is 0 Å². The molecule has 26 heavy (non-hydrogen) atoms. The molecular formula is C21H24N2O3. The maximum Gasteiger partial charge on any atom is 0.244 e. The highest BCUT2D eigenvalue weighted by atomic mass is 16.5. The number of aryl methyl sites for hydroxylation is 1. The molecule has 136 valence electrons. The first-order chi connectivity index (χ1) is 12.6. The second kappa shape index (κ2) is 10.0. The summed E-state index contributed by atoms with van der Waals surface area (Å²) in [6.45, 7) is 2.37. The molecule has 2 aromatic rings. The van der Waals surface area contributed by atoms with Crippen molar-refractivity contribution in [3.63, 3.8) is 0 Å². The molecule has 0 unspecified atom stereocenters. The molecule has 0 atom stereocenters. The molecule has 0 saturated heterocycles. The van der Waals surface area contributed by atoms with Crippen LogP contribution in [-0.4, -0.2) is 25.5 Å². The Hall–Kier alpha value is -3.08. The molecule has 0 aliphatic rings. The molecule has 0 bridgehead atoms. The van der Waals surface area contributed by atoms with Gasteiger partial charge >= 0.3 is 0 Å². The smallest absolute Gasteiger partial charge is 0.244 e. The van der Waals surface area contributed by atoms with E-state index in [4.69, 9.17) is 4.74 Å². The lowest BCUT2D eigenvalue weighted by atomic mass is 10.1. The Bertz CT molecular complexity index is 750. The Kier molecular flexibility index (Phi) is 7.43. The molecule has 2 amide bonds. The number of rotatable bonds is 8. The Labute approximate surface area is 154 Å². The van der Waals surface area contributed by atoms with E-state index >= 15 is 0 Å². The van der Waals surface area contributed by atoms with Crippen molar-refractivity contribution >= 4 is 23.6 Å². The first kappa shape index (κ1) is 19.2. The highest BCUT2D eigenvalue weighted by Gasteiger charge is 2.03. The number of ether oxygens (including phenoxy) is 1. The van der Waals surface area contributed by atoms with Gasteiger partial charge in [0, 0.05) is 24.7 Å². The molecule has 0 radical (unpaired) electrons. The molecular weight excluding hydrogens is 328 g/mol. The van der Waals surface area contributed by atoms with Gasteiger partial charge in [-0.1, -0.05) is 31.2 Å². The molecule has 0 spiro atoms. The van der Waals surface area contributed by atoms with E-state index in [1.807, 2.05) is 48.5 Å². The Morgan fingerprint density at radius 2 is 1.73 bits per heavy atom. The summed E-state index contributed by atoms with van der Waals surface area (Å²) >= 11 is 0. The van der Waals surface area contributed by atoms with Crippen LogP contribution in [0.5, 0.6) is 5.75 Å². The fourth-order valence-corrected chi connectivity index (χ4v) is 2.29. The summed E-state index contributed by atoms with van der Waals surface area (Å²) in [6.07, 6.45) is 4.34. The second-order valence-electron chi connectivity index (χ2n) is 5.75. The van der Waals surface area contributed by atoms with E-state index in [1.54, 1.807) is 13.2 Å². The van der Waals surface area contributed by atoms with Crippen molar-refractivity contribution in [2.75, 3.05) is 19.0 Å². The van der Waals surface area contributed by atoms with Gasteiger partial charge in [0.05, 0.1) is 7.11 Å². The van der Waals surface area contributed by atoms with Crippen LogP contribution in [0.15, 0.2) is 54.6 Å². The van der Waals surface area contributed by atoms with Crippen LogP contribution in [0.1, 0.15) is 24.5 Å². The summed E-state index contributed by atoms with van der Waals surface area (Å²) in [5, 5.41) is 5.51. The zero-order valence-electron chi connectivity index (χ0n) is 15.1. The van der Waals surface area contributed by atoms with Crippen LogP contribution in [-0.2, 0) is 16.0 Å². The summed E-state index contributed by atoms with van der Waals surface area (Å²) < 4.78 is 5.08. The van der Waals surface area contributed by atoms with E-state index < -0.39 is 0 Å². The van der Waals surface area contributed by atoms with Gasteiger partial charge in [0.1, 0.15) is 5.75 Å². The number of carbonyl (C=O) groups excluding carboxylic acids is 2. The minimum Gasteiger partial charge on any atom is -0.497 e. The van der Waals surface area contributed by atoms with E-state index in [1.165, 1.54) is 11.6 Å². The number of methoxy groups -OCH3 is 1. The van der Waals surface area contributed by atoms with Crippen LogP contribution in [0.25, 0.3) is 6.08 Å². The molecule has 0 aromatic heterocycles. The first-order valence-electron chi connectivity index (χ1n) is 8.59. The monoisotopic (exact) mass is 352 g/mol. The minimum absolute atomic E-state index is 0.131. The van der Waals surface area contributed by atoms with Crippen molar-refractivity contribution in [1.29, 1.82) is 0 Å². The molecule has 5 nitrogen and oxygen atoms in total. The quantitative estimate of drug-likeness (QED) is 0.716. The predicted molar refractivity (Wildman–Crippen MR) is 104 cm³/mol. The summed E-state index contributed by atoms with van der Waals surface area (Å²) in [4.78, 5) is 23.7. The van der Waals surface area contributed by atoms with E-state index in [0.717, 1.165) is 23.4 Å². The predicted octanol–water partition coefficient (Wildman–Crippen LogP) is 3.42. The van der Waals surface area contributed by atoms with Gasteiger partial charge < -0.3 is 15.4 Å². The van der Waals surface area contributed by atoms with E-state index in [-0.39, 0.29) is 24.8 Å². The van der Waals surface area contributed by atoms with E-state index in [2.05, 4.69) is 17.6 Å². The lowest BCUT2D eigenvalue weighted by molar-refractivity contribution is -0.117. The van der Waals surface area contributed by atoms with Crippen LogP contribution in [0, 0.1) is 0 Å². The largest absolute Gasteiger partial charge is 0.497 e. The van der Waals surface area contributed by atoms with Crippen LogP contribution in [0.3, 0.4) is 0 Å². The lowest BCUT2D eigenvalue weighted by Crippen LogP contribution is -2.26. The number of benzene rings is 2. The third-order valence-electron chi connectivity index (χ3n) is 3.84. The minimum atomic E-state index is -0.235. The topological polar surface area (TPSA) is 67.4 Å². The Morgan fingerprint density at radius 1 is 1.04 bits per heavy atom. The average Bonchev–Trinajstić information content (AvgIpc) is 2.67. The molecule has 0 fully saturated rings. The zero-order chi connectivity index (χ0) is 18.8. The van der Waals surface area contributed by atoms with Crippen molar-refractivity contribution in [2.45, 2.75) is 19.8 Å². The van der Waals surface area contributed by atoms with Crippen LogP contribution >= 0.6 is 0 Å². The number of amides is 2. The SMILES string of the molecule is CCc1ccc(NC(=O)CCNC(=O)/C=C/c2ccc(OC)cc2)cc1. The Balaban J connectivity index is 1.71. The van der Waals surface area contributed by atoms with Crippen molar-refractivity contribution in [3.8, 4) is 5.75 Å². The van der Waals surface area contributed by atoms with Gasteiger partial charge in [0.15, 0.2) is 0 Å². The van der Waals surface area contributed by atoms with E-state index in [0.29, 0.717) is 0 Å². The van der Waals surface area contributed by atoms with Gasteiger partial charge in [-0.25, -0.2) is 0 Å². The molecule has 2 rings (SSSR count). The third-order valence-corrected chi connectivity index (χ3v) is 3.84. The molecule has 0 aliphatic carbocycles. The zero-order valence-corrected chi connectivity index (χ0v) is 15.1. The number of nitrogens with one attached hydrogen (secondary N) is 2. The molecule has 2 aromatic carbocycles. The average molecular weight is 352 g/mol. The standard InChI is InChI=1S/C21H24N2O3/c1-3-16-4-9-18(10-5-16)23-21(25)14-15-22-20(24)13-8-17-6-11-19(26-2)12-7-17/h4-13H,3,14-15H2,1-2H3,(H,22,24)(H,23,25)/b13-8+. The van der Waals surface area contributed by atoms with Crippen LogP contribution in [0.2, 0.25) is 0 Å². The van der Waals surface area contributed by atoms with Crippen molar-refractivity contribution in [2.24, 2.45) is 0 Å². The first-order valence-corrected chi connectivity index (χ1v) is 8.59. The van der Waals surface area contributed by atoms with Crippen molar-refractivity contribution in [3.05, 3.63) is 65.7 Å². The van der Waals surface area contributed by atoms with Crippen LogP contribution in [0.4, 0.5) is 5.69 Å². The molecule has 5 heteroatoms. The van der Waals surface area contributed by atoms with Crippen molar-refractivity contribution in [1.82, 2.24) is 5.32 Å². The summed E-state index contributed by atoms with van der Waals surface area (Å²) in [5.41, 5.74) is 2.88. The molecule has 0 heterocycles. The molecule has 0 aliphatic heterocycles. The fourth-order valence-electron chi connectivity index (χ4n) is 2.29. The van der Waals surface area contributed by atoms with E-state index in [9.17, 15) is 9.59 Å². The second-order valence-corrected chi connectivity index (χ2v) is 5.75.